The number of ether oxygens (including phenoxy) is 4. The maximum Gasteiger partial charge on any atom is 0.220 e. The fraction of sp³-hybridized carbons (Fsp3) is 0.892. The van der Waals surface area contributed by atoms with Crippen molar-refractivity contribution in [2.24, 2.45) is 0 Å². The lowest BCUT2D eigenvalue weighted by Gasteiger charge is -2.46. The molecule has 14 nitrogen and oxygen atoms in total. The predicted octanol–water partition coefficient (Wildman–Crippen LogP) is 12.2. The van der Waals surface area contributed by atoms with Crippen molar-refractivity contribution in [3.63, 3.8) is 0 Å². The normalized spacial score (nSPS) is 24.6. The molecule has 14 heteroatoms. The third kappa shape index (κ3) is 35.8. The van der Waals surface area contributed by atoms with Crippen LogP contribution in [0.4, 0.5) is 0 Å². The summed E-state index contributed by atoms with van der Waals surface area (Å²) in [5, 5.41) is 87.1. The van der Waals surface area contributed by atoms with E-state index in [1.807, 2.05) is 6.08 Å². The van der Waals surface area contributed by atoms with Gasteiger partial charge in [0.15, 0.2) is 12.6 Å². The molecule has 12 atom stereocenters. The summed E-state index contributed by atoms with van der Waals surface area (Å²) in [6.45, 7) is 2.78. The van der Waals surface area contributed by atoms with Crippen LogP contribution >= 0.6 is 0 Å². The number of amides is 1. The van der Waals surface area contributed by atoms with Crippen LogP contribution in [0.15, 0.2) is 36.5 Å². The van der Waals surface area contributed by atoms with Gasteiger partial charge in [0.25, 0.3) is 0 Å². The molecule has 0 spiro atoms. The third-order valence-electron chi connectivity index (χ3n) is 16.0. The van der Waals surface area contributed by atoms with Crippen LogP contribution < -0.4 is 5.32 Å². The number of allylic oxidation sites excluding steroid dienone is 5. The van der Waals surface area contributed by atoms with E-state index in [1.54, 1.807) is 6.08 Å². The molecule has 2 saturated heterocycles. The van der Waals surface area contributed by atoms with E-state index in [1.165, 1.54) is 193 Å². The quantitative estimate of drug-likeness (QED) is 0.0204. The number of unbranched alkanes of at least 4 members (excludes halogenated alkanes) is 36. The average Bonchev–Trinajstić information content (AvgIpc) is 3.45. The Morgan fingerprint density at radius 1 is 0.443 bits per heavy atom. The zero-order valence-corrected chi connectivity index (χ0v) is 50.1. The lowest BCUT2D eigenvalue weighted by molar-refractivity contribution is -0.359. The molecule has 0 aromatic rings. The van der Waals surface area contributed by atoms with Gasteiger partial charge in [0.05, 0.1) is 32.0 Å². The highest BCUT2D eigenvalue weighted by atomic mass is 16.7. The number of nitrogens with one attached hydrogen (secondary N) is 1. The second kappa shape index (κ2) is 50.7. The van der Waals surface area contributed by atoms with Crippen molar-refractivity contribution >= 4 is 5.91 Å². The maximum absolute atomic E-state index is 13.2. The fourth-order valence-corrected chi connectivity index (χ4v) is 10.8. The zero-order chi connectivity index (χ0) is 57.4. The van der Waals surface area contributed by atoms with Crippen LogP contribution in [0.1, 0.15) is 277 Å². The summed E-state index contributed by atoms with van der Waals surface area (Å²) >= 11 is 0. The first-order valence-electron chi connectivity index (χ1n) is 32.7. The first kappa shape index (κ1) is 73.3. The van der Waals surface area contributed by atoms with Crippen molar-refractivity contribution in [1.82, 2.24) is 5.32 Å². The van der Waals surface area contributed by atoms with E-state index in [-0.39, 0.29) is 18.9 Å². The number of carbonyl (C=O) groups excluding carboxylic acids is 1. The van der Waals surface area contributed by atoms with Crippen LogP contribution in [-0.2, 0) is 23.7 Å². The van der Waals surface area contributed by atoms with E-state index in [4.69, 9.17) is 18.9 Å². The molecule has 2 heterocycles. The molecule has 0 radical (unpaired) electrons. The number of aliphatic hydroxyl groups excluding tert-OH is 8. The SMILES string of the molecule is CCCCCC/C=C\CCCCCCCC(=O)NC(COC1OC(CO)C(OC2OC(CO)C(O)C(O)C2O)C(O)C1O)C(O)/C=C/CC/C=C/CCCCCCCCCCCCCCCCCCCCCCCCCCCC. The molecule has 1 amide bonds. The zero-order valence-electron chi connectivity index (χ0n) is 50.1. The lowest BCUT2D eigenvalue weighted by atomic mass is 9.97. The summed E-state index contributed by atoms with van der Waals surface area (Å²) in [4.78, 5) is 13.2. The smallest absolute Gasteiger partial charge is 0.220 e. The van der Waals surface area contributed by atoms with Crippen LogP contribution in [0.3, 0.4) is 0 Å². The standard InChI is InChI=1S/C65H121NO13/c1-3-5-7-9-11-13-15-17-18-19-20-21-22-23-24-25-26-27-28-29-30-31-32-33-34-35-37-38-40-42-44-46-48-54(69)53(66-57(70)49-47-45-43-41-39-36-16-14-12-10-8-6-4-2)52-76-64-62(75)60(73)63(56(51-68)78-64)79-65-61(74)59(72)58(71)55(50-67)77-65/h14,16,38,40,46,48,53-56,58-65,67-69,71-75H,3-13,15,17-37,39,41-45,47,49-52H2,1-2H3,(H,66,70)/b16-14-,40-38+,48-46+. The van der Waals surface area contributed by atoms with E-state index >= 15 is 0 Å². The fourth-order valence-electron chi connectivity index (χ4n) is 10.8. The maximum atomic E-state index is 13.2. The highest BCUT2D eigenvalue weighted by Crippen LogP contribution is 2.30. The second-order valence-corrected chi connectivity index (χ2v) is 23.2. The summed E-state index contributed by atoms with van der Waals surface area (Å²) in [6, 6.07) is -0.935. The van der Waals surface area contributed by atoms with E-state index in [0.29, 0.717) is 12.8 Å². The molecule has 79 heavy (non-hydrogen) atoms. The monoisotopic (exact) mass is 1120 g/mol. The number of rotatable bonds is 53. The first-order chi connectivity index (χ1) is 38.6. The highest BCUT2D eigenvalue weighted by molar-refractivity contribution is 5.76. The summed E-state index contributed by atoms with van der Waals surface area (Å²) in [6.07, 6.45) is 46.5. The van der Waals surface area contributed by atoms with Gasteiger partial charge in [-0.25, -0.2) is 0 Å². The van der Waals surface area contributed by atoms with E-state index < -0.39 is 86.8 Å². The molecule has 2 rings (SSSR count). The Morgan fingerprint density at radius 3 is 1.25 bits per heavy atom. The van der Waals surface area contributed by atoms with Gasteiger partial charge in [-0.15, -0.1) is 0 Å². The third-order valence-corrected chi connectivity index (χ3v) is 16.0. The summed E-state index contributed by atoms with van der Waals surface area (Å²) in [7, 11) is 0. The van der Waals surface area contributed by atoms with Gasteiger partial charge in [-0.3, -0.25) is 4.79 Å². The molecule has 2 fully saturated rings. The minimum absolute atomic E-state index is 0.257. The minimum Gasteiger partial charge on any atom is -0.394 e. The molecule has 12 unspecified atom stereocenters. The van der Waals surface area contributed by atoms with Crippen molar-refractivity contribution in [3.05, 3.63) is 36.5 Å². The molecule has 0 bridgehead atoms. The molecule has 0 aromatic heterocycles. The Bertz CT molecular complexity index is 1460. The van der Waals surface area contributed by atoms with Gasteiger partial charge in [-0.2, -0.15) is 0 Å². The molecule has 0 saturated carbocycles. The highest BCUT2D eigenvalue weighted by Gasteiger charge is 2.51. The second-order valence-electron chi connectivity index (χ2n) is 23.2. The Kier molecular flexibility index (Phi) is 47.0. The minimum atomic E-state index is -1.79. The van der Waals surface area contributed by atoms with Crippen molar-refractivity contribution in [2.45, 2.75) is 351 Å². The first-order valence-corrected chi connectivity index (χ1v) is 32.7. The molecule has 0 aliphatic carbocycles. The summed E-state index contributed by atoms with van der Waals surface area (Å²) in [5.74, 6) is -0.257. The van der Waals surface area contributed by atoms with Crippen LogP contribution in [-0.4, -0.2) is 140 Å². The van der Waals surface area contributed by atoms with Crippen molar-refractivity contribution in [3.8, 4) is 0 Å². The molecule has 2 aliphatic rings. The number of carbonyl (C=O) groups is 1. The predicted molar refractivity (Wildman–Crippen MR) is 318 cm³/mol. The van der Waals surface area contributed by atoms with Crippen molar-refractivity contribution in [1.29, 1.82) is 0 Å². The molecule has 9 N–H and O–H groups in total. The van der Waals surface area contributed by atoms with Gasteiger partial charge in [0, 0.05) is 6.42 Å². The Labute approximate surface area is 481 Å². The van der Waals surface area contributed by atoms with Crippen LogP contribution in [0.25, 0.3) is 0 Å². The van der Waals surface area contributed by atoms with Gasteiger partial charge >= 0.3 is 0 Å². The molecule has 2 aliphatic heterocycles. The Balaban J connectivity index is 1.67. The van der Waals surface area contributed by atoms with Gasteiger partial charge < -0.3 is 65.1 Å². The topological polar surface area (TPSA) is 228 Å². The molecular formula is C65H121NO13. The summed E-state index contributed by atoms with van der Waals surface area (Å²) < 4.78 is 22.8. The van der Waals surface area contributed by atoms with Crippen molar-refractivity contribution in [2.75, 3.05) is 19.8 Å². The molecular weight excluding hydrogens is 1000 g/mol. The van der Waals surface area contributed by atoms with Gasteiger partial charge in [0.1, 0.15) is 48.8 Å². The van der Waals surface area contributed by atoms with E-state index in [2.05, 4.69) is 43.5 Å². The Hall–Kier alpha value is -1.79. The van der Waals surface area contributed by atoms with Crippen LogP contribution in [0.5, 0.6) is 0 Å². The van der Waals surface area contributed by atoms with Crippen molar-refractivity contribution < 1.29 is 64.6 Å². The van der Waals surface area contributed by atoms with Gasteiger partial charge in [-0.1, -0.05) is 249 Å². The number of aliphatic hydroxyl groups is 8. The van der Waals surface area contributed by atoms with E-state index in [0.717, 1.165) is 51.4 Å². The summed E-state index contributed by atoms with van der Waals surface area (Å²) in [5.41, 5.74) is 0. The number of hydrogen-bond acceptors (Lipinski definition) is 13. The average molecular weight is 1120 g/mol. The van der Waals surface area contributed by atoms with Crippen LogP contribution in [0, 0.1) is 0 Å². The Morgan fingerprint density at radius 2 is 0.810 bits per heavy atom. The molecule has 0 aromatic carbocycles. The van der Waals surface area contributed by atoms with E-state index in [9.17, 15) is 45.6 Å². The van der Waals surface area contributed by atoms with Gasteiger partial charge in [0.2, 0.25) is 5.91 Å². The largest absolute Gasteiger partial charge is 0.394 e. The lowest BCUT2D eigenvalue weighted by Crippen LogP contribution is -2.65. The van der Waals surface area contributed by atoms with Gasteiger partial charge in [-0.05, 0) is 57.8 Å². The molecule has 464 valence electrons. The number of hydrogen-bond donors (Lipinski definition) is 9. The van der Waals surface area contributed by atoms with Crippen LogP contribution in [0.2, 0.25) is 0 Å².